The van der Waals surface area contributed by atoms with Crippen LogP contribution in [0.4, 0.5) is 5.69 Å². The second-order valence-corrected chi connectivity index (χ2v) is 9.52. The monoisotopic (exact) mass is 493 g/mol. The highest BCUT2D eigenvalue weighted by molar-refractivity contribution is 6.01. The van der Waals surface area contributed by atoms with E-state index >= 15 is 0 Å². The Kier molecular flexibility index (Phi) is 6.95. The summed E-state index contributed by atoms with van der Waals surface area (Å²) < 4.78 is 8.50. The lowest BCUT2D eigenvalue weighted by Gasteiger charge is -2.31. The van der Waals surface area contributed by atoms with Crippen molar-refractivity contribution in [2.24, 2.45) is 0 Å². The normalized spacial score (nSPS) is 15.3. The fraction of sp³-hybridized carbons (Fsp3) is 0.250. The minimum Gasteiger partial charge on any atom is -0.480 e. The zero-order chi connectivity index (χ0) is 25.9. The van der Waals surface area contributed by atoms with Crippen molar-refractivity contribution in [3.8, 4) is 0 Å². The molecule has 0 aliphatic carbocycles. The summed E-state index contributed by atoms with van der Waals surface area (Å²) in [7, 11) is 0. The van der Waals surface area contributed by atoms with Gasteiger partial charge in [-0.2, -0.15) is 4.57 Å². The molecule has 1 N–H and O–H groups in total. The third kappa shape index (κ3) is 4.94. The first kappa shape index (κ1) is 24.6. The Labute approximate surface area is 217 Å². The van der Waals surface area contributed by atoms with Gasteiger partial charge in [0.25, 0.3) is 5.52 Å². The summed E-state index contributed by atoms with van der Waals surface area (Å²) >= 11 is 0. The lowest BCUT2D eigenvalue weighted by molar-refractivity contribution is -0.673. The molecular formula is C32H33N2O3+. The van der Waals surface area contributed by atoms with Crippen LogP contribution in [0, 0.1) is 6.92 Å². The molecule has 0 saturated heterocycles. The van der Waals surface area contributed by atoms with Crippen molar-refractivity contribution in [3.63, 3.8) is 0 Å². The zero-order valence-electron chi connectivity index (χ0n) is 21.7. The largest absolute Gasteiger partial charge is 0.480 e. The van der Waals surface area contributed by atoms with E-state index < -0.39 is 5.97 Å². The molecule has 188 valence electrons. The molecule has 4 aromatic rings. The number of anilines is 1. The Morgan fingerprint density at radius 1 is 1.14 bits per heavy atom. The number of benzene rings is 3. The van der Waals surface area contributed by atoms with Gasteiger partial charge in [0.05, 0.1) is 11.5 Å². The van der Waals surface area contributed by atoms with E-state index in [0.717, 1.165) is 47.6 Å². The average molecular weight is 494 g/mol. The first-order chi connectivity index (χ1) is 18.0. The van der Waals surface area contributed by atoms with Crippen LogP contribution in [0.2, 0.25) is 0 Å². The molecule has 0 unspecified atom stereocenters. The number of carbonyl (C=O) groups is 1. The molecule has 5 heteroatoms. The second kappa shape index (κ2) is 10.5. The number of fused-ring (bicyclic) bond motifs is 4. The number of carboxylic acid groups (broad SMARTS) is 1. The summed E-state index contributed by atoms with van der Waals surface area (Å²) in [5.41, 5.74) is 7.74. The molecule has 0 spiro atoms. The molecule has 0 fully saturated rings. The van der Waals surface area contributed by atoms with Crippen LogP contribution in [0.1, 0.15) is 43.7 Å². The maximum atomic E-state index is 11.4. The maximum absolute atomic E-state index is 11.4. The van der Waals surface area contributed by atoms with Gasteiger partial charge in [-0.25, -0.2) is 0 Å². The Bertz CT molecular complexity index is 1570. The van der Waals surface area contributed by atoms with Crippen LogP contribution >= 0.6 is 0 Å². The zero-order valence-corrected chi connectivity index (χ0v) is 21.7. The highest BCUT2D eigenvalue weighted by atomic mass is 16.4. The van der Waals surface area contributed by atoms with E-state index in [1.807, 2.05) is 17.0 Å². The van der Waals surface area contributed by atoms with Gasteiger partial charge < -0.3 is 14.4 Å². The maximum Gasteiger partial charge on any atom is 0.374 e. The Morgan fingerprint density at radius 2 is 1.97 bits per heavy atom. The minimum absolute atomic E-state index is 0.0202. The fourth-order valence-electron chi connectivity index (χ4n) is 5.18. The lowest BCUT2D eigenvalue weighted by atomic mass is 9.93. The molecule has 5 nitrogen and oxygen atoms in total. The average Bonchev–Trinajstić information content (AvgIpc) is 3.27. The molecule has 1 aliphatic rings. The molecule has 5 rings (SSSR count). The lowest BCUT2D eigenvalue weighted by Crippen LogP contribution is -2.33. The van der Waals surface area contributed by atoms with Gasteiger partial charge in [-0.15, -0.1) is 0 Å². The number of aromatic nitrogens is 1. The number of oxazole rings is 1. The molecular weight excluding hydrogens is 460 g/mol. The van der Waals surface area contributed by atoms with Crippen LogP contribution in [0.25, 0.3) is 33.5 Å². The third-order valence-corrected chi connectivity index (χ3v) is 7.09. The smallest absolute Gasteiger partial charge is 0.374 e. The second-order valence-electron chi connectivity index (χ2n) is 9.52. The van der Waals surface area contributed by atoms with Crippen molar-refractivity contribution < 1.29 is 18.9 Å². The Morgan fingerprint density at radius 3 is 2.76 bits per heavy atom. The van der Waals surface area contributed by atoms with E-state index in [1.54, 1.807) is 0 Å². The molecule has 1 aromatic heterocycles. The summed E-state index contributed by atoms with van der Waals surface area (Å²) in [5.74, 6) is 0.0314. The first-order valence-electron chi connectivity index (χ1n) is 13.0. The quantitative estimate of drug-likeness (QED) is 0.224. The predicted molar refractivity (Wildman–Crippen MR) is 151 cm³/mol. The van der Waals surface area contributed by atoms with E-state index in [2.05, 4.69) is 92.1 Å². The topological polar surface area (TPSA) is 57.6 Å². The number of allylic oxidation sites excluding steroid dienone is 4. The number of rotatable bonds is 7. The van der Waals surface area contributed by atoms with Crippen LogP contribution in [0.15, 0.2) is 82.8 Å². The van der Waals surface area contributed by atoms with Gasteiger partial charge in [-0.05, 0) is 73.6 Å². The van der Waals surface area contributed by atoms with Gasteiger partial charge in [0.1, 0.15) is 13.1 Å². The highest BCUT2D eigenvalue weighted by Crippen LogP contribution is 2.35. The summed E-state index contributed by atoms with van der Waals surface area (Å²) in [6.45, 7) is 7.91. The number of hydrogen-bond acceptors (Lipinski definition) is 3. The van der Waals surface area contributed by atoms with Gasteiger partial charge >= 0.3 is 11.9 Å². The van der Waals surface area contributed by atoms with Crippen molar-refractivity contribution in [3.05, 3.63) is 95.4 Å². The van der Waals surface area contributed by atoms with E-state index in [1.165, 1.54) is 27.5 Å². The van der Waals surface area contributed by atoms with Gasteiger partial charge in [-0.3, -0.25) is 4.79 Å². The number of hydrogen-bond donors (Lipinski definition) is 1. The number of aryl methyl sites for hydroxylation is 2. The fourth-order valence-corrected chi connectivity index (χ4v) is 5.18. The SMILES string of the molecule is CCC(/C=C/c1oc2ccc3ccccc3c2[n+]1CC)=C\C=C1/CCN(CC(=O)O)c2ccc(C)cc21. The third-order valence-electron chi connectivity index (χ3n) is 7.09. The van der Waals surface area contributed by atoms with Crippen molar-refractivity contribution in [1.29, 1.82) is 0 Å². The van der Waals surface area contributed by atoms with E-state index in [-0.39, 0.29) is 6.54 Å². The van der Waals surface area contributed by atoms with E-state index in [4.69, 9.17) is 4.42 Å². The Hall–Kier alpha value is -4.12. The number of nitrogens with zero attached hydrogens (tertiary/aromatic N) is 2. The van der Waals surface area contributed by atoms with Crippen molar-refractivity contribution >= 4 is 45.2 Å². The van der Waals surface area contributed by atoms with Crippen LogP contribution in [-0.2, 0) is 11.3 Å². The predicted octanol–water partition coefficient (Wildman–Crippen LogP) is 6.93. The van der Waals surface area contributed by atoms with Gasteiger partial charge in [-0.1, -0.05) is 55.0 Å². The molecule has 0 bridgehead atoms. The molecule has 0 radical (unpaired) electrons. The molecule has 0 amide bonds. The first-order valence-corrected chi connectivity index (χ1v) is 13.0. The number of carboxylic acids is 1. The number of aliphatic carboxylic acids is 1. The van der Waals surface area contributed by atoms with Gasteiger partial charge in [0, 0.05) is 17.8 Å². The van der Waals surface area contributed by atoms with Crippen LogP contribution < -0.4 is 9.47 Å². The summed E-state index contributed by atoms with van der Waals surface area (Å²) in [6.07, 6.45) is 10.3. The van der Waals surface area contributed by atoms with E-state index in [0.29, 0.717) is 6.54 Å². The molecule has 1 aliphatic heterocycles. The Balaban J connectivity index is 1.48. The van der Waals surface area contributed by atoms with Crippen LogP contribution in [0.5, 0.6) is 0 Å². The summed E-state index contributed by atoms with van der Waals surface area (Å²) in [5, 5.41) is 11.7. The highest BCUT2D eigenvalue weighted by Gasteiger charge is 2.23. The molecule has 0 saturated carbocycles. The van der Waals surface area contributed by atoms with Crippen LogP contribution in [0.3, 0.4) is 0 Å². The van der Waals surface area contributed by atoms with Crippen LogP contribution in [-0.4, -0.2) is 24.2 Å². The minimum atomic E-state index is -0.805. The summed E-state index contributed by atoms with van der Waals surface area (Å²) in [6, 6.07) is 18.8. The molecule has 37 heavy (non-hydrogen) atoms. The standard InChI is InChI=1S/C32H32N2O3/c1-4-23(11-13-25-18-19-33(21-31(35)36)28-15-10-22(3)20-27(25)28)12-17-30-34(5-2)32-26-9-7-6-8-24(26)14-16-29(32)37-30/h6-17,20H,4-5,18-19,21H2,1-3H3/p+1. The van der Waals surface area contributed by atoms with Crippen molar-refractivity contribution in [1.82, 2.24) is 0 Å². The summed E-state index contributed by atoms with van der Waals surface area (Å²) in [4.78, 5) is 13.3. The van der Waals surface area contributed by atoms with Crippen molar-refractivity contribution in [2.75, 3.05) is 18.0 Å². The molecule has 2 heterocycles. The van der Waals surface area contributed by atoms with Crippen molar-refractivity contribution in [2.45, 2.75) is 40.2 Å². The van der Waals surface area contributed by atoms with Gasteiger partial charge in [0.2, 0.25) is 5.58 Å². The molecule has 3 aromatic carbocycles. The van der Waals surface area contributed by atoms with Gasteiger partial charge in [0.15, 0.2) is 0 Å². The van der Waals surface area contributed by atoms with E-state index in [9.17, 15) is 9.90 Å². The molecule has 0 atom stereocenters.